The minimum atomic E-state index is 0.0595. The van der Waals surface area contributed by atoms with Crippen molar-refractivity contribution in [1.82, 2.24) is 20.1 Å². The lowest BCUT2D eigenvalue weighted by Crippen LogP contribution is -2.25. The summed E-state index contributed by atoms with van der Waals surface area (Å²) in [4.78, 5) is 4.40. The number of nitrogens with one attached hydrogen (secondary N) is 1. The smallest absolute Gasteiger partial charge is 0.0763 e. The van der Waals surface area contributed by atoms with Crippen LogP contribution in [-0.4, -0.2) is 21.3 Å². The highest BCUT2D eigenvalue weighted by atomic mass is 35.5. The molecule has 0 aliphatic carbocycles. The van der Waals surface area contributed by atoms with Crippen molar-refractivity contribution in [2.75, 3.05) is 6.54 Å². The van der Waals surface area contributed by atoms with Crippen LogP contribution < -0.4 is 5.32 Å². The molecule has 2 aromatic rings. The summed E-state index contributed by atoms with van der Waals surface area (Å²) >= 11 is 12.2. The molecule has 2 aromatic heterocycles. The molecule has 0 saturated carbocycles. The van der Waals surface area contributed by atoms with Crippen molar-refractivity contribution in [3.05, 3.63) is 46.0 Å². The number of aromatic nitrogens is 3. The van der Waals surface area contributed by atoms with E-state index < -0.39 is 0 Å². The van der Waals surface area contributed by atoms with Gasteiger partial charge in [0.2, 0.25) is 0 Å². The van der Waals surface area contributed by atoms with Gasteiger partial charge in [0.25, 0.3) is 0 Å². The van der Waals surface area contributed by atoms with Gasteiger partial charge in [-0.2, -0.15) is 5.10 Å². The van der Waals surface area contributed by atoms with E-state index in [1.165, 1.54) is 5.56 Å². The Bertz CT molecular complexity index is 583. The maximum absolute atomic E-state index is 6.29. The molecule has 0 radical (unpaired) electrons. The lowest BCUT2D eigenvalue weighted by molar-refractivity contribution is 0.517. The van der Waals surface area contributed by atoms with E-state index in [9.17, 15) is 0 Å². The highest BCUT2D eigenvalue weighted by Gasteiger charge is 2.17. The SMILES string of the molecule is CCCNC(Cc1cnn(CC)c1)c1ncc(Cl)cc1Cl. The minimum Gasteiger partial charge on any atom is -0.308 e. The third-order valence-corrected chi connectivity index (χ3v) is 3.77. The lowest BCUT2D eigenvalue weighted by Gasteiger charge is -2.18. The van der Waals surface area contributed by atoms with E-state index in [2.05, 4.69) is 35.4 Å². The predicted molar refractivity (Wildman–Crippen MR) is 86.9 cm³/mol. The standard InChI is InChI=1S/C15H20Cl2N4/c1-3-5-18-14(6-11-8-20-21(4-2)10-11)15-13(17)7-12(16)9-19-15/h7-10,14,18H,3-6H2,1-2H3. The van der Waals surface area contributed by atoms with E-state index >= 15 is 0 Å². The van der Waals surface area contributed by atoms with E-state index in [1.807, 2.05) is 10.9 Å². The Labute approximate surface area is 135 Å². The second-order valence-electron chi connectivity index (χ2n) is 4.94. The number of rotatable bonds is 7. The molecule has 0 spiro atoms. The van der Waals surface area contributed by atoms with E-state index in [0.717, 1.165) is 31.6 Å². The number of aryl methyl sites for hydroxylation is 1. The van der Waals surface area contributed by atoms with Gasteiger partial charge in [-0.05, 0) is 37.9 Å². The monoisotopic (exact) mass is 326 g/mol. The molecule has 2 rings (SSSR count). The van der Waals surface area contributed by atoms with Crippen LogP contribution in [0.4, 0.5) is 0 Å². The molecule has 1 N–H and O–H groups in total. The van der Waals surface area contributed by atoms with Gasteiger partial charge in [0.1, 0.15) is 0 Å². The van der Waals surface area contributed by atoms with Gasteiger partial charge in [0, 0.05) is 18.9 Å². The average molecular weight is 327 g/mol. The summed E-state index contributed by atoms with van der Waals surface area (Å²) in [5.74, 6) is 0. The molecule has 1 atom stereocenters. The van der Waals surface area contributed by atoms with Crippen LogP contribution in [0.25, 0.3) is 0 Å². The van der Waals surface area contributed by atoms with Crippen molar-refractivity contribution < 1.29 is 0 Å². The van der Waals surface area contributed by atoms with Gasteiger partial charge < -0.3 is 5.32 Å². The van der Waals surface area contributed by atoms with Crippen LogP contribution in [0.1, 0.15) is 37.6 Å². The second-order valence-corrected chi connectivity index (χ2v) is 5.78. The molecule has 0 aliphatic rings. The Balaban J connectivity index is 2.20. The Kier molecular flexibility index (Phi) is 6.03. The van der Waals surface area contributed by atoms with Crippen molar-refractivity contribution in [1.29, 1.82) is 0 Å². The molecule has 0 aromatic carbocycles. The van der Waals surface area contributed by atoms with Gasteiger partial charge in [0.05, 0.1) is 28.0 Å². The number of halogens is 2. The molecule has 0 aliphatic heterocycles. The highest BCUT2D eigenvalue weighted by Crippen LogP contribution is 2.26. The van der Waals surface area contributed by atoms with Crippen molar-refractivity contribution in [3.63, 3.8) is 0 Å². The summed E-state index contributed by atoms with van der Waals surface area (Å²) in [7, 11) is 0. The molecule has 2 heterocycles. The molecular formula is C15H20Cl2N4. The van der Waals surface area contributed by atoms with Crippen molar-refractivity contribution in [3.8, 4) is 0 Å². The first-order valence-corrected chi connectivity index (χ1v) is 7.95. The third-order valence-electron chi connectivity index (χ3n) is 3.26. The summed E-state index contributed by atoms with van der Waals surface area (Å²) in [5.41, 5.74) is 2.00. The summed E-state index contributed by atoms with van der Waals surface area (Å²) in [6.07, 6.45) is 7.45. The molecule has 114 valence electrons. The van der Waals surface area contributed by atoms with Gasteiger partial charge >= 0.3 is 0 Å². The molecule has 6 heteroatoms. The van der Waals surface area contributed by atoms with Gasteiger partial charge in [-0.1, -0.05) is 30.1 Å². The second kappa shape index (κ2) is 7.78. The van der Waals surface area contributed by atoms with Gasteiger partial charge in [-0.25, -0.2) is 0 Å². The van der Waals surface area contributed by atoms with Crippen molar-refractivity contribution in [2.45, 2.75) is 39.3 Å². The van der Waals surface area contributed by atoms with Crippen LogP contribution >= 0.6 is 23.2 Å². The molecule has 4 nitrogen and oxygen atoms in total. The Hall–Kier alpha value is -1.10. The molecule has 0 amide bonds. The number of hydrogen-bond acceptors (Lipinski definition) is 3. The van der Waals surface area contributed by atoms with Gasteiger partial charge in [-0.15, -0.1) is 0 Å². The molecule has 0 fully saturated rings. The van der Waals surface area contributed by atoms with Crippen LogP contribution in [0, 0.1) is 0 Å². The molecule has 1 unspecified atom stereocenters. The maximum atomic E-state index is 6.29. The fourth-order valence-corrected chi connectivity index (χ4v) is 2.70. The summed E-state index contributed by atoms with van der Waals surface area (Å²) in [6, 6.07) is 1.80. The zero-order valence-corrected chi connectivity index (χ0v) is 13.8. The summed E-state index contributed by atoms with van der Waals surface area (Å²) in [6.45, 7) is 5.98. The highest BCUT2D eigenvalue weighted by molar-refractivity contribution is 6.34. The van der Waals surface area contributed by atoms with Gasteiger partial charge in [-0.3, -0.25) is 9.67 Å². The minimum absolute atomic E-state index is 0.0595. The van der Waals surface area contributed by atoms with Crippen LogP contribution in [-0.2, 0) is 13.0 Å². The van der Waals surface area contributed by atoms with E-state index in [-0.39, 0.29) is 6.04 Å². The van der Waals surface area contributed by atoms with E-state index in [4.69, 9.17) is 23.2 Å². The first-order valence-electron chi connectivity index (χ1n) is 7.19. The molecule has 21 heavy (non-hydrogen) atoms. The zero-order valence-electron chi connectivity index (χ0n) is 12.3. The molecule has 0 saturated heterocycles. The summed E-state index contributed by atoms with van der Waals surface area (Å²) < 4.78 is 1.92. The number of pyridine rings is 1. The largest absolute Gasteiger partial charge is 0.308 e. The fraction of sp³-hybridized carbons (Fsp3) is 0.467. The quantitative estimate of drug-likeness (QED) is 0.839. The third kappa shape index (κ3) is 4.43. The summed E-state index contributed by atoms with van der Waals surface area (Å²) in [5, 5.41) is 8.96. The predicted octanol–water partition coefficient (Wildman–Crippen LogP) is 3.89. The fourth-order valence-electron chi connectivity index (χ4n) is 2.19. The topological polar surface area (TPSA) is 42.7 Å². The first kappa shape index (κ1) is 16.3. The normalized spacial score (nSPS) is 12.6. The van der Waals surface area contributed by atoms with Crippen molar-refractivity contribution in [2.24, 2.45) is 0 Å². The first-order chi connectivity index (χ1) is 10.1. The molecule has 0 bridgehead atoms. The van der Waals surface area contributed by atoms with Crippen LogP contribution in [0.15, 0.2) is 24.7 Å². The zero-order chi connectivity index (χ0) is 15.2. The number of nitrogens with zero attached hydrogens (tertiary/aromatic N) is 3. The maximum Gasteiger partial charge on any atom is 0.0763 e. The van der Waals surface area contributed by atoms with Crippen LogP contribution in [0.5, 0.6) is 0 Å². The van der Waals surface area contributed by atoms with Crippen molar-refractivity contribution >= 4 is 23.2 Å². The lowest BCUT2D eigenvalue weighted by atomic mass is 10.1. The average Bonchev–Trinajstić information content (AvgIpc) is 2.91. The van der Waals surface area contributed by atoms with Crippen LogP contribution in [0.3, 0.4) is 0 Å². The molecular weight excluding hydrogens is 307 g/mol. The Morgan fingerprint density at radius 2 is 2.10 bits per heavy atom. The van der Waals surface area contributed by atoms with Crippen LogP contribution in [0.2, 0.25) is 10.0 Å². The van der Waals surface area contributed by atoms with E-state index in [0.29, 0.717) is 10.0 Å². The van der Waals surface area contributed by atoms with Gasteiger partial charge in [0.15, 0.2) is 0 Å². The Morgan fingerprint density at radius 3 is 2.71 bits per heavy atom. The van der Waals surface area contributed by atoms with E-state index in [1.54, 1.807) is 12.3 Å². The Morgan fingerprint density at radius 1 is 1.29 bits per heavy atom. The number of hydrogen-bond donors (Lipinski definition) is 1.